The van der Waals surface area contributed by atoms with Crippen molar-refractivity contribution in [2.24, 2.45) is 5.10 Å². The van der Waals surface area contributed by atoms with Crippen LogP contribution in [0.3, 0.4) is 0 Å². The summed E-state index contributed by atoms with van der Waals surface area (Å²) in [6.07, 6.45) is 1.94. The summed E-state index contributed by atoms with van der Waals surface area (Å²) in [5.74, 6) is 2.91. The Hall–Kier alpha value is -2.70. The summed E-state index contributed by atoms with van der Waals surface area (Å²) in [6, 6.07) is 18.1. The van der Waals surface area contributed by atoms with Gasteiger partial charge in [0.2, 0.25) is 0 Å². The van der Waals surface area contributed by atoms with E-state index in [0.717, 1.165) is 81.1 Å². The normalized spacial score (nSPS) is 17.0. The fourth-order valence-corrected chi connectivity index (χ4v) is 4.54. The first-order valence-corrected chi connectivity index (χ1v) is 12.2. The summed E-state index contributed by atoms with van der Waals surface area (Å²) in [5, 5.41) is 7.68. The van der Waals surface area contributed by atoms with Crippen LogP contribution in [0.5, 0.6) is 5.75 Å². The van der Waals surface area contributed by atoms with Crippen molar-refractivity contribution in [3.63, 3.8) is 0 Å². The minimum absolute atomic E-state index is 0.604. The number of benzene rings is 2. The van der Waals surface area contributed by atoms with E-state index >= 15 is 0 Å². The summed E-state index contributed by atoms with van der Waals surface area (Å²) in [5.41, 5.74) is 1.22. The third-order valence-electron chi connectivity index (χ3n) is 6.19. The Kier molecular flexibility index (Phi) is 8.13. The van der Waals surface area contributed by atoms with Crippen molar-refractivity contribution in [2.45, 2.75) is 19.8 Å². The van der Waals surface area contributed by atoms with Gasteiger partial charge in [-0.3, -0.25) is 4.90 Å². The van der Waals surface area contributed by atoms with Gasteiger partial charge in [0.1, 0.15) is 24.0 Å². The molecule has 1 fully saturated rings. The summed E-state index contributed by atoms with van der Waals surface area (Å²) < 4.78 is 5.88. The van der Waals surface area contributed by atoms with Gasteiger partial charge in [-0.2, -0.15) is 5.10 Å². The second kappa shape index (κ2) is 11.4. The second-order valence-electron chi connectivity index (χ2n) is 8.38. The number of anilines is 1. The van der Waals surface area contributed by atoms with Crippen molar-refractivity contribution in [1.82, 2.24) is 14.8 Å². The first-order chi connectivity index (χ1) is 16.1. The molecule has 0 aromatic heterocycles. The van der Waals surface area contributed by atoms with Crippen LogP contribution >= 0.6 is 11.6 Å². The number of rotatable bonds is 10. The Balaban J connectivity index is 1.19. The maximum absolute atomic E-state index is 6.15. The summed E-state index contributed by atoms with van der Waals surface area (Å²) >= 11 is 6.15. The van der Waals surface area contributed by atoms with Gasteiger partial charge in [-0.05, 0) is 36.8 Å². The molecule has 0 aliphatic carbocycles. The van der Waals surface area contributed by atoms with Gasteiger partial charge in [-0.25, -0.2) is 5.01 Å². The lowest BCUT2D eigenvalue weighted by atomic mass is 10.2. The molecule has 0 radical (unpaired) electrons. The number of para-hydroxylation sites is 1. The molecule has 2 aromatic rings. The Morgan fingerprint density at radius 3 is 2.48 bits per heavy atom. The fraction of sp³-hybridized carbons (Fsp3) is 0.423. The van der Waals surface area contributed by atoms with Gasteiger partial charge in [0.25, 0.3) is 0 Å². The molecular formula is C26H34ClN5O. The molecule has 0 saturated carbocycles. The first kappa shape index (κ1) is 23.5. The predicted octanol–water partition coefficient (Wildman–Crippen LogP) is 4.74. The van der Waals surface area contributed by atoms with Crippen LogP contribution in [0.1, 0.15) is 19.8 Å². The van der Waals surface area contributed by atoms with E-state index in [4.69, 9.17) is 21.4 Å². The zero-order valence-electron chi connectivity index (χ0n) is 19.5. The third kappa shape index (κ3) is 6.21. The molecule has 2 heterocycles. The molecule has 33 heavy (non-hydrogen) atoms. The molecule has 0 bridgehead atoms. The molecule has 0 atom stereocenters. The van der Waals surface area contributed by atoms with Gasteiger partial charge >= 0.3 is 0 Å². The monoisotopic (exact) mass is 467 g/mol. The van der Waals surface area contributed by atoms with E-state index in [-0.39, 0.29) is 0 Å². The molecular weight excluding hydrogens is 434 g/mol. The predicted molar refractivity (Wildman–Crippen MR) is 137 cm³/mol. The van der Waals surface area contributed by atoms with Gasteiger partial charge in [0, 0.05) is 56.4 Å². The van der Waals surface area contributed by atoms with E-state index in [2.05, 4.69) is 45.3 Å². The van der Waals surface area contributed by atoms with Crippen LogP contribution in [-0.4, -0.2) is 73.1 Å². The van der Waals surface area contributed by atoms with E-state index in [0.29, 0.717) is 6.61 Å². The molecule has 176 valence electrons. The number of hydrogen-bond acceptors (Lipinski definition) is 6. The molecule has 0 amide bonds. The molecule has 0 spiro atoms. The fourth-order valence-electron chi connectivity index (χ4n) is 4.36. The lowest BCUT2D eigenvalue weighted by Crippen LogP contribution is -2.47. The van der Waals surface area contributed by atoms with Crippen LogP contribution in [-0.2, 0) is 0 Å². The zero-order chi connectivity index (χ0) is 23.0. The molecule has 6 nitrogen and oxygen atoms in total. The summed E-state index contributed by atoms with van der Waals surface area (Å²) in [7, 11) is 0. The lowest BCUT2D eigenvalue weighted by molar-refractivity contribution is 0.228. The Labute approximate surface area is 202 Å². The number of piperazine rings is 1. The zero-order valence-corrected chi connectivity index (χ0v) is 20.3. The van der Waals surface area contributed by atoms with Crippen molar-refractivity contribution >= 4 is 23.1 Å². The summed E-state index contributed by atoms with van der Waals surface area (Å²) in [6.45, 7) is 14.0. The standard InChI is InChI=1S/C26H34ClN5O/c1-3-26-28-32(22(2)31(26)19-20-33-25-11-5-4-6-12-25)14-8-13-29-15-17-30(18-16-29)24-10-7-9-23(27)21-24/h4-7,9-12,21H,2-3,8,13-20H2,1H3. The highest BCUT2D eigenvalue weighted by atomic mass is 35.5. The minimum atomic E-state index is 0.604. The number of ether oxygens (including phenoxy) is 1. The largest absolute Gasteiger partial charge is 0.492 e. The second-order valence-corrected chi connectivity index (χ2v) is 8.82. The SMILES string of the molecule is C=C1N(CCCN2CCN(c3cccc(Cl)c3)CC2)N=C(CC)N1CCOc1ccccc1. The molecule has 0 N–H and O–H groups in total. The van der Waals surface area contributed by atoms with Crippen molar-refractivity contribution in [2.75, 3.05) is 57.3 Å². The van der Waals surface area contributed by atoms with Crippen LogP contribution in [0.4, 0.5) is 5.69 Å². The minimum Gasteiger partial charge on any atom is -0.492 e. The molecule has 0 unspecified atom stereocenters. The van der Waals surface area contributed by atoms with Crippen molar-refractivity contribution in [3.8, 4) is 5.75 Å². The smallest absolute Gasteiger partial charge is 0.130 e. The molecule has 7 heteroatoms. The van der Waals surface area contributed by atoms with Crippen molar-refractivity contribution in [1.29, 1.82) is 0 Å². The first-order valence-electron chi connectivity index (χ1n) is 11.9. The Bertz CT molecular complexity index is 943. The highest BCUT2D eigenvalue weighted by Crippen LogP contribution is 2.22. The summed E-state index contributed by atoms with van der Waals surface area (Å²) in [4.78, 5) is 7.14. The molecule has 2 aromatic carbocycles. The highest BCUT2D eigenvalue weighted by Gasteiger charge is 2.26. The number of halogens is 1. The quantitative estimate of drug-likeness (QED) is 0.504. The Morgan fingerprint density at radius 2 is 1.76 bits per heavy atom. The number of hydrogen-bond donors (Lipinski definition) is 0. The average molecular weight is 468 g/mol. The lowest BCUT2D eigenvalue weighted by Gasteiger charge is -2.36. The van der Waals surface area contributed by atoms with Crippen LogP contribution < -0.4 is 9.64 Å². The average Bonchev–Trinajstić information content (AvgIpc) is 3.15. The Morgan fingerprint density at radius 1 is 0.970 bits per heavy atom. The van der Waals surface area contributed by atoms with Gasteiger partial charge in [0.15, 0.2) is 0 Å². The van der Waals surface area contributed by atoms with Crippen LogP contribution in [0.25, 0.3) is 0 Å². The number of hydrazone groups is 1. The topological polar surface area (TPSA) is 34.5 Å². The molecule has 2 aliphatic rings. The molecule has 1 saturated heterocycles. The maximum Gasteiger partial charge on any atom is 0.130 e. The van der Waals surface area contributed by atoms with Crippen LogP contribution in [0.15, 0.2) is 72.1 Å². The van der Waals surface area contributed by atoms with E-state index in [1.54, 1.807) is 0 Å². The van der Waals surface area contributed by atoms with Gasteiger partial charge in [-0.15, -0.1) is 0 Å². The van der Waals surface area contributed by atoms with E-state index in [1.807, 2.05) is 42.5 Å². The van der Waals surface area contributed by atoms with Crippen LogP contribution in [0, 0.1) is 0 Å². The highest BCUT2D eigenvalue weighted by molar-refractivity contribution is 6.30. The van der Waals surface area contributed by atoms with E-state index in [1.165, 1.54) is 5.69 Å². The molecule has 2 aliphatic heterocycles. The van der Waals surface area contributed by atoms with Crippen molar-refractivity contribution < 1.29 is 4.74 Å². The van der Waals surface area contributed by atoms with Gasteiger partial charge < -0.3 is 14.5 Å². The number of amidine groups is 1. The van der Waals surface area contributed by atoms with Crippen LogP contribution in [0.2, 0.25) is 5.02 Å². The van der Waals surface area contributed by atoms with Gasteiger partial charge in [0.05, 0.1) is 6.54 Å². The van der Waals surface area contributed by atoms with E-state index < -0.39 is 0 Å². The molecule has 4 rings (SSSR count). The maximum atomic E-state index is 6.15. The van der Waals surface area contributed by atoms with Gasteiger partial charge in [-0.1, -0.05) is 49.4 Å². The number of nitrogens with zero attached hydrogens (tertiary/aromatic N) is 5. The third-order valence-corrected chi connectivity index (χ3v) is 6.43. The van der Waals surface area contributed by atoms with Crippen molar-refractivity contribution in [3.05, 3.63) is 72.0 Å². The van der Waals surface area contributed by atoms with E-state index in [9.17, 15) is 0 Å².